The first-order valence-corrected chi connectivity index (χ1v) is 12.9. The molecule has 2 amide bonds. The molecule has 0 unspecified atom stereocenters. The van der Waals surface area contributed by atoms with E-state index in [9.17, 15) is 14.0 Å². The summed E-state index contributed by atoms with van der Waals surface area (Å²) in [5, 5.41) is 15.9. The standard InChI is InChI=1S/C29H30ClFN6O3/c1-29(2,3)32-28(39)26(19-9-13-22(31)14-10-19)36(17-21-7-5-6-8-24(21)30)25(38)18-37-34-27(33-35-37)20-11-15-23(40-4)16-12-20/h5-16,26H,17-18H2,1-4H3,(H,32,39)/t26-/m1/s1. The number of methoxy groups -OCH3 is 1. The normalized spacial score (nSPS) is 12.1. The molecule has 0 radical (unpaired) electrons. The van der Waals surface area contributed by atoms with E-state index in [4.69, 9.17) is 16.3 Å². The van der Waals surface area contributed by atoms with Crippen LogP contribution in [0, 0.1) is 5.82 Å². The maximum Gasteiger partial charge on any atom is 0.247 e. The summed E-state index contributed by atoms with van der Waals surface area (Å²) in [6.45, 7) is 5.23. The summed E-state index contributed by atoms with van der Waals surface area (Å²) in [4.78, 5) is 30.1. The molecule has 0 bridgehead atoms. The fourth-order valence-corrected chi connectivity index (χ4v) is 4.26. The molecule has 4 aromatic rings. The molecular formula is C29H30ClFN6O3. The van der Waals surface area contributed by atoms with Crippen LogP contribution in [0.25, 0.3) is 11.4 Å². The third-order valence-corrected chi connectivity index (χ3v) is 6.31. The molecule has 0 fully saturated rings. The van der Waals surface area contributed by atoms with Crippen LogP contribution in [0.4, 0.5) is 4.39 Å². The topological polar surface area (TPSA) is 102 Å². The molecule has 11 heteroatoms. The van der Waals surface area contributed by atoms with Crippen molar-refractivity contribution < 1.29 is 18.7 Å². The van der Waals surface area contributed by atoms with Gasteiger partial charge in [0.25, 0.3) is 0 Å². The molecule has 0 aliphatic carbocycles. The van der Waals surface area contributed by atoms with Crippen molar-refractivity contribution in [2.45, 2.75) is 45.4 Å². The van der Waals surface area contributed by atoms with Gasteiger partial charge in [-0.25, -0.2) is 4.39 Å². The predicted octanol–water partition coefficient (Wildman–Crippen LogP) is 4.83. The fraction of sp³-hybridized carbons (Fsp3) is 0.276. The lowest BCUT2D eigenvalue weighted by Crippen LogP contribution is -2.49. The largest absolute Gasteiger partial charge is 0.497 e. The van der Waals surface area contributed by atoms with Crippen molar-refractivity contribution in [1.29, 1.82) is 0 Å². The maximum absolute atomic E-state index is 13.9. The number of hydrogen-bond acceptors (Lipinski definition) is 6. The van der Waals surface area contributed by atoms with Crippen LogP contribution in [0.1, 0.15) is 37.9 Å². The molecule has 0 aliphatic heterocycles. The highest BCUT2D eigenvalue weighted by Crippen LogP contribution is 2.28. The average molecular weight is 565 g/mol. The number of nitrogens with zero attached hydrogens (tertiary/aromatic N) is 5. The Bertz CT molecular complexity index is 1470. The lowest BCUT2D eigenvalue weighted by molar-refractivity contribution is -0.143. The molecule has 9 nitrogen and oxygen atoms in total. The van der Waals surface area contributed by atoms with Crippen molar-refractivity contribution >= 4 is 23.4 Å². The summed E-state index contributed by atoms with van der Waals surface area (Å²) in [6.07, 6.45) is 0. The lowest BCUT2D eigenvalue weighted by Gasteiger charge is -2.34. The molecule has 1 heterocycles. The Hall–Kier alpha value is -4.31. The van der Waals surface area contributed by atoms with Gasteiger partial charge in [-0.3, -0.25) is 9.59 Å². The number of carbonyl (C=O) groups excluding carboxylic acids is 2. The van der Waals surface area contributed by atoms with E-state index < -0.39 is 29.2 Å². The second-order valence-electron chi connectivity index (χ2n) is 10.2. The first-order valence-electron chi connectivity index (χ1n) is 12.6. The van der Waals surface area contributed by atoms with Crippen molar-refractivity contribution in [3.8, 4) is 17.1 Å². The van der Waals surface area contributed by atoms with Gasteiger partial charge in [-0.05, 0) is 79.6 Å². The van der Waals surface area contributed by atoms with Gasteiger partial charge in [0, 0.05) is 22.7 Å². The number of nitrogens with one attached hydrogen (secondary N) is 1. The summed E-state index contributed by atoms with van der Waals surface area (Å²) in [6, 6.07) is 18.6. The van der Waals surface area contributed by atoms with Crippen LogP contribution < -0.4 is 10.1 Å². The first-order chi connectivity index (χ1) is 19.0. The Morgan fingerprint density at radius 1 is 1.05 bits per heavy atom. The van der Waals surface area contributed by atoms with Gasteiger partial charge in [0.05, 0.1) is 7.11 Å². The van der Waals surface area contributed by atoms with Gasteiger partial charge in [0.1, 0.15) is 24.2 Å². The van der Waals surface area contributed by atoms with Crippen LogP contribution in [0.5, 0.6) is 5.75 Å². The quantitative estimate of drug-likeness (QED) is 0.312. The van der Waals surface area contributed by atoms with Gasteiger partial charge in [0.15, 0.2) is 0 Å². The van der Waals surface area contributed by atoms with Crippen LogP contribution in [0.3, 0.4) is 0 Å². The highest BCUT2D eigenvalue weighted by molar-refractivity contribution is 6.31. The van der Waals surface area contributed by atoms with E-state index in [1.807, 2.05) is 20.8 Å². The Morgan fingerprint density at radius 3 is 2.35 bits per heavy atom. The van der Waals surface area contributed by atoms with Crippen LogP contribution in [-0.2, 0) is 22.7 Å². The summed E-state index contributed by atoms with van der Waals surface area (Å²) in [5.74, 6) is -0.335. The van der Waals surface area contributed by atoms with Gasteiger partial charge < -0.3 is 15.0 Å². The first kappa shape index (κ1) is 28.7. The van der Waals surface area contributed by atoms with Gasteiger partial charge >= 0.3 is 0 Å². The summed E-state index contributed by atoms with van der Waals surface area (Å²) >= 11 is 6.45. The van der Waals surface area contributed by atoms with E-state index in [1.165, 1.54) is 34.0 Å². The van der Waals surface area contributed by atoms with Gasteiger partial charge in [0.2, 0.25) is 17.6 Å². The number of aromatic nitrogens is 4. The number of halogens is 2. The minimum atomic E-state index is -1.09. The monoisotopic (exact) mass is 564 g/mol. The number of benzene rings is 3. The maximum atomic E-state index is 13.9. The zero-order chi connectivity index (χ0) is 28.9. The number of tetrazole rings is 1. The third kappa shape index (κ3) is 7.20. The minimum Gasteiger partial charge on any atom is -0.497 e. The van der Waals surface area contributed by atoms with Crippen LogP contribution >= 0.6 is 11.6 Å². The average Bonchev–Trinajstić information content (AvgIpc) is 3.38. The second-order valence-corrected chi connectivity index (χ2v) is 10.6. The van der Waals surface area contributed by atoms with E-state index in [0.29, 0.717) is 33.3 Å². The number of rotatable bonds is 9. The van der Waals surface area contributed by atoms with Crippen LogP contribution in [0.15, 0.2) is 72.8 Å². The molecule has 0 aliphatic rings. The zero-order valence-corrected chi connectivity index (χ0v) is 23.4. The number of hydrogen-bond donors (Lipinski definition) is 1. The third-order valence-electron chi connectivity index (χ3n) is 5.94. The summed E-state index contributed by atoms with van der Waals surface area (Å²) < 4.78 is 19.0. The lowest BCUT2D eigenvalue weighted by atomic mass is 10.0. The Labute approximate surface area is 236 Å². The Balaban J connectivity index is 1.70. The van der Waals surface area contributed by atoms with E-state index in [2.05, 4.69) is 20.7 Å². The number of amides is 2. The van der Waals surface area contributed by atoms with Crippen molar-refractivity contribution in [3.63, 3.8) is 0 Å². The molecule has 0 saturated heterocycles. The van der Waals surface area contributed by atoms with Crippen molar-refractivity contribution in [3.05, 3.63) is 94.8 Å². The molecule has 1 atom stereocenters. The number of carbonyl (C=O) groups is 2. The minimum absolute atomic E-state index is 0.0121. The van der Waals surface area contributed by atoms with Crippen LogP contribution in [0.2, 0.25) is 5.02 Å². The summed E-state index contributed by atoms with van der Waals surface area (Å²) in [7, 11) is 1.57. The van der Waals surface area contributed by atoms with Gasteiger partial charge in [-0.15, -0.1) is 10.2 Å². The van der Waals surface area contributed by atoms with Crippen molar-refractivity contribution in [1.82, 2.24) is 30.4 Å². The SMILES string of the molecule is COc1ccc(-c2nnn(CC(=O)N(Cc3ccccc3Cl)[C@@H](C(=O)NC(C)(C)C)c3ccc(F)cc3)n2)cc1. The zero-order valence-electron chi connectivity index (χ0n) is 22.6. The number of ether oxygens (including phenoxy) is 1. The van der Waals surface area contributed by atoms with Crippen molar-refractivity contribution in [2.75, 3.05) is 7.11 Å². The molecule has 208 valence electrons. The molecular weight excluding hydrogens is 535 g/mol. The second kappa shape index (κ2) is 12.3. The van der Waals surface area contributed by atoms with Crippen LogP contribution in [-0.4, -0.2) is 49.6 Å². The van der Waals surface area contributed by atoms with E-state index in [-0.39, 0.29) is 13.1 Å². The molecule has 3 aromatic carbocycles. The fourth-order valence-electron chi connectivity index (χ4n) is 4.07. The molecule has 0 spiro atoms. The molecule has 0 saturated carbocycles. The summed E-state index contributed by atoms with van der Waals surface area (Å²) in [5.41, 5.74) is 1.18. The van der Waals surface area contributed by atoms with Crippen molar-refractivity contribution in [2.24, 2.45) is 0 Å². The highest BCUT2D eigenvalue weighted by Gasteiger charge is 2.34. The van der Waals surface area contributed by atoms with E-state index in [0.717, 1.165) is 0 Å². The molecule has 1 N–H and O–H groups in total. The smallest absolute Gasteiger partial charge is 0.247 e. The Kier molecular flexibility index (Phi) is 8.79. The highest BCUT2D eigenvalue weighted by atomic mass is 35.5. The molecule has 1 aromatic heterocycles. The molecule has 40 heavy (non-hydrogen) atoms. The van der Waals surface area contributed by atoms with E-state index >= 15 is 0 Å². The predicted molar refractivity (Wildman–Crippen MR) is 149 cm³/mol. The van der Waals surface area contributed by atoms with E-state index in [1.54, 1.807) is 55.6 Å². The molecule has 4 rings (SSSR count). The van der Waals surface area contributed by atoms with Gasteiger partial charge in [-0.2, -0.15) is 4.80 Å². The van der Waals surface area contributed by atoms with Gasteiger partial charge in [-0.1, -0.05) is 41.9 Å². The Morgan fingerprint density at radius 2 is 1.73 bits per heavy atom.